The van der Waals surface area contributed by atoms with Gasteiger partial charge in [0.25, 0.3) is 0 Å². The van der Waals surface area contributed by atoms with E-state index in [0.717, 1.165) is 46.3 Å². The number of thiophene rings is 1. The first-order chi connectivity index (χ1) is 12.7. The average Bonchev–Trinajstić information content (AvgIpc) is 3.03. The molecule has 6 heteroatoms. The summed E-state index contributed by atoms with van der Waals surface area (Å²) >= 11 is 1.58. The Bertz CT molecular complexity index is 980. The van der Waals surface area contributed by atoms with Crippen LogP contribution in [0.2, 0.25) is 0 Å². The van der Waals surface area contributed by atoms with Crippen molar-refractivity contribution in [1.82, 2.24) is 10.3 Å². The molecular formula is C20H19N3O2S. The van der Waals surface area contributed by atoms with E-state index in [0.29, 0.717) is 0 Å². The Kier molecular flexibility index (Phi) is 3.60. The Hall–Kier alpha value is -2.60. The van der Waals surface area contributed by atoms with Crippen molar-refractivity contribution in [3.63, 3.8) is 0 Å². The van der Waals surface area contributed by atoms with Crippen molar-refractivity contribution in [2.45, 2.75) is 37.3 Å². The van der Waals surface area contributed by atoms with Crippen LogP contribution in [0.4, 0.5) is 10.5 Å². The number of carbonyl (C=O) groups excluding carboxylic acids is 1. The molecule has 1 atom stereocenters. The molecule has 2 aromatic heterocycles. The first-order valence-electron chi connectivity index (χ1n) is 8.89. The van der Waals surface area contributed by atoms with E-state index in [9.17, 15) is 4.79 Å². The number of benzene rings is 1. The summed E-state index contributed by atoms with van der Waals surface area (Å²) in [5.74, 6) is 0.899. The number of urea groups is 1. The summed E-state index contributed by atoms with van der Waals surface area (Å²) in [5.41, 5.74) is 1.77. The number of hydrogen-bond acceptors (Lipinski definition) is 4. The van der Waals surface area contributed by atoms with Gasteiger partial charge in [0, 0.05) is 35.1 Å². The molecule has 1 saturated carbocycles. The zero-order valence-corrected chi connectivity index (χ0v) is 15.0. The van der Waals surface area contributed by atoms with Gasteiger partial charge in [-0.15, -0.1) is 11.3 Å². The standard InChI is InChI=1S/C20H19N3O2S/c24-19(23-16-12-26-18-11-21-9-6-14(16)18)22-15-10-20(7-3-8-20)25-17-5-2-1-4-13(15)17/h1-2,4-6,9,11-12,15H,3,7-8,10H2,(H2,22,23,24). The second-order valence-corrected chi connectivity index (χ2v) is 7.96. The lowest BCUT2D eigenvalue weighted by atomic mass is 9.73. The highest BCUT2D eigenvalue weighted by molar-refractivity contribution is 7.17. The molecule has 0 radical (unpaired) electrons. The maximum Gasteiger partial charge on any atom is 0.319 e. The quantitative estimate of drug-likeness (QED) is 0.681. The zero-order valence-electron chi connectivity index (χ0n) is 14.2. The summed E-state index contributed by atoms with van der Waals surface area (Å²) in [6, 6.07) is 9.73. The topological polar surface area (TPSA) is 63.2 Å². The number of pyridine rings is 1. The summed E-state index contributed by atoms with van der Waals surface area (Å²) in [6.45, 7) is 0. The smallest absolute Gasteiger partial charge is 0.319 e. The van der Waals surface area contributed by atoms with E-state index in [-0.39, 0.29) is 17.7 Å². The number of amides is 2. The van der Waals surface area contributed by atoms with Crippen LogP contribution in [0, 0.1) is 0 Å². The van der Waals surface area contributed by atoms with Crippen LogP contribution >= 0.6 is 11.3 Å². The molecule has 3 heterocycles. The van der Waals surface area contributed by atoms with E-state index < -0.39 is 0 Å². The Balaban J connectivity index is 1.37. The van der Waals surface area contributed by atoms with Crippen molar-refractivity contribution >= 4 is 33.1 Å². The van der Waals surface area contributed by atoms with Gasteiger partial charge >= 0.3 is 6.03 Å². The van der Waals surface area contributed by atoms with E-state index in [4.69, 9.17) is 4.74 Å². The molecule has 1 aliphatic heterocycles. The maximum atomic E-state index is 12.7. The number of carbonyl (C=O) groups is 1. The van der Waals surface area contributed by atoms with Crippen LogP contribution in [0.15, 0.2) is 48.1 Å². The third-order valence-corrected chi connectivity index (χ3v) is 6.33. The third-order valence-electron chi connectivity index (χ3n) is 5.39. The number of nitrogens with one attached hydrogen (secondary N) is 2. The summed E-state index contributed by atoms with van der Waals surface area (Å²) < 4.78 is 7.32. The first kappa shape index (κ1) is 15.6. The second kappa shape index (κ2) is 5.99. The fourth-order valence-electron chi connectivity index (χ4n) is 3.92. The summed E-state index contributed by atoms with van der Waals surface area (Å²) in [6.07, 6.45) is 7.69. The van der Waals surface area contributed by atoms with Crippen LogP contribution in [-0.2, 0) is 0 Å². The van der Waals surface area contributed by atoms with Crippen LogP contribution in [0.3, 0.4) is 0 Å². The van der Waals surface area contributed by atoms with E-state index in [1.165, 1.54) is 6.42 Å². The van der Waals surface area contributed by atoms with Gasteiger partial charge in [-0.2, -0.15) is 0 Å². The molecule has 5 nitrogen and oxygen atoms in total. The van der Waals surface area contributed by atoms with Crippen LogP contribution < -0.4 is 15.4 Å². The molecule has 2 N–H and O–H groups in total. The monoisotopic (exact) mass is 365 g/mol. The van der Waals surface area contributed by atoms with E-state index in [2.05, 4.69) is 15.6 Å². The van der Waals surface area contributed by atoms with Crippen molar-refractivity contribution in [3.8, 4) is 5.75 Å². The molecule has 0 saturated heterocycles. The van der Waals surface area contributed by atoms with Gasteiger partial charge in [0.2, 0.25) is 0 Å². The van der Waals surface area contributed by atoms with Crippen molar-refractivity contribution in [1.29, 1.82) is 0 Å². The lowest BCUT2D eigenvalue weighted by Crippen LogP contribution is -2.50. The molecule has 3 aromatic rings. The van der Waals surface area contributed by atoms with Gasteiger partial charge in [0.1, 0.15) is 11.4 Å². The van der Waals surface area contributed by atoms with Gasteiger partial charge in [-0.05, 0) is 31.4 Å². The number of aromatic nitrogens is 1. The molecule has 5 rings (SSSR count). The predicted octanol–water partition coefficient (Wildman–Crippen LogP) is 4.86. The number of fused-ring (bicyclic) bond motifs is 2. The van der Waals surface area contributed by atoms with Crippen molar-refractivity contribution < 1.29 is 9.53 Å². The molecule has 1 spiro atoms. The fourth-order valence-corrected chi connectivity index (χ4v) is 4.78. The molecule has 2 amide bonds. The molecule has 0 bridgehead atoms. The molecule has 26 heavy (non-hydrogen) atoms. The van der Waals surface area contributed by atoms with Gasteiger partial charge in [0.05, 0.1) is 16.4 Å². The van der Waals surface area contributed by atoms with Crippen LogP contribution in [0.1, 0.15) is 37.3 Å². The Morgan fingerprint density at radius 2 is 2.15 bits per heavy atom. The van der Waals surface area contributed by atoms with E-state index in [1.807, 2.05) is 41.9 Å². The first-order valence-corrected chi connectivity index (χ1v) is 9.77. The number of hydrogen-bond donors (Lipinski definition) is 2. The molecule has 132 valence electrons. The average molecular weight is 365 g/mol. The Morgan fingerprint density at radius 1 is 1.27 bits per heavy atom. The molecule has 1 unspecified atom stereocenters. The van der Waals surface area contributed by atoms with Crippen molar-refractivity contribution in [3.05, 3.63) is 53.7 Å². The number of ether oxygens (including phenoxy) is 1. The maximum absolute atomic E-state index is 12.7. The number of nitrogens with zero attached hydrogens (tertiary/aromatic N) is 1. The lowest BCUT2D eigenvalue weighted by molar-refractivity contribution is -0.0354. The Labute approximate surface area is 155 Å². The number of rotatable bonds is 2. The van der Waals surface area contributed by atoms with Crippen LogP contribution in [0.25, 0.3) is 10.1 Å². The normalized spacial score (nSPS) is 20.1. The number of para-hydroxylation sites is 1. The zero-order chi connectivity index (χ0) is 17.6. The minimum absolute atomic E-state index is 0.0354. The summed E-state index contributed by atoms with van der Waals surface area (Å²) in [4.78, 5) is 16.8. The number of anilines is 1. The minimum Gasteiger partial charge on any atom is -0.487 e. The highest BCUT2D eigenvalue weighted by Crippen LogP contribution is 2.48. The fraction of sp³-hybridized carbons (Fsp3) is 0.300. The summed E-state index contributed by atoms with van der Waals surface area (Å²) in [7, 11) is 0. The molecule has 1 aromatic carbocycles. The van der Waals surface area contributed by atoms with Crippen LogP contribution in [-0.4, -0.2) is 16.6 Å². The highest BCUT2D eigenvalue weighted by Gasteiger charge is 2.45. The van der Waals surface area contributed by atoms with Gasteiger partial charge < -0.3 is 15.4 Å². The Morgan fingerprint density at radius 3 is 3.00 bits per heavy atom. The lowest BCUT2D eigenvalue weighted by Gasteiger charge is -2.47. The third kappa shape index (κ3) is 2.61. The van der Waals surface area contributed by atoms with Gasteiger partial charge in [-0.25, -0.2) is 4.79 Å². The van der Waals surface area contributed by atoms with Crippen LogP contribution in [0.5, 0.6) is 5.75 Å². The van der Waals surface area contributed by atoms with E-state index in [1.54, 1.807) is 17.5 Å². The highest BCUT2D eigenvalue weighted by atomic mass is 32.1. The predicted molar refractivity (Wildman–Crippen MR) is 103 cm³/mol. The largest absolute Gasteiger partial charge is 0.487 e. The van der Waals surface area contributed by atoms with Gasteiger partial charge in [-0.1, -0.05) is 18.2 Å². The van der Waals surface area contributed by atoms with E-state index >= 15 is 0 Å². The van der Waals surface area contributed by atoms with Gasteiger partial charge in [-0.3, -0.25) is 4.98 Å². The second-order valence-electron chi connectivity index (χ2n) is 7.05. The minimum atomic E-state index is -0.183. The van der Waals surface area contributed by atoms with Crippen molar-refractivity contribution in [2.24, 2.45) is 0 Å². The van der Waals surface area contributed by atoms with Gasteiger partial charge in [0.15, 0.2) is 0 Å². The SMILES string of the molecule is O=C(Nc1csc2cnccc12)NC1CC2(CCC2)Oc2ccccc21. The molecule has 1 aliphatic carbocycles. The molecular weight excluding hydrogens is 346 g/mol. The van der Waals surface area contributed by atoms with Crippen molar-refractivity contribution in [2.75, 3.05) is 5.32 Å². The molecule has 1 fully saturated rings. The summed E-state index contributed by atoms with van der Waals surface area (Å²) in [5, 5.41) is 9.13. The molecule has 2 aliphatic rings.